The van der Waals surface area contributed by atoms with Crippen molar-refractivity contribution in [2.75, 3.05) is 20.0 Å². The number of ether oxygens (including phenoxy) is 4. The second-order valence-corrected chi connectivity index (χ2v) is 4.17. The Morgan fingerprint density at radius 3 is 2.30 bits per heavy atom. The maximum atomic E-state index is 12.7. The lowest BCUT2D eigenvalue weighted by Gasteiger charge is -2.08. The van der Waals surface area contributed by atoms with Gasteiger partial charge in [-0.15, -0.1) is 0 Å². The molecule has 0 bridgehead atoms. The van der Waals surface area contributed by atoms with Crippen molar-refractivity contribution in [1.82, 2.24) is 0 Å². The predicted octanol–water partition coefficient (Wildman–Crippen LogP) is 3.01. The summed E-state index contributed by atoms with van der Waals surface area (Å²) in [6, 6.07) is 11.3. The molecular weight excluding hydrogens is 263 g/mol. The van der Waals surface area contributed by atoms with Gasteiger partial charge in [-0.1, -0.05) is 0 Å². The second-order valence-electron chi connectivity index (χ2n) is 4.17. The highest BCUT2D eigenvalue weighted by atomic mass is 19.1. The summed E-state index contributed by atoms with van der Waals surface area (Å²) in [6.07, 6.45) is 0. The van der Waals surface area contributed by atoms with E-state index in [2.05, 4.69) is 0 Å². The number of hydrogen-bond donors (Lipinski definition) is 0. The summed E-state index contributed by atoms with van der Waals surface area (Å²) in [5.41, 5.74) is 0. The topological polar surface area (TPSA) is 36.9 Å². The Balaban J connectivity index is 1.47. The molecule has 1 heterocycles. The van der Waals surface area contributed by atoms with E-state index in [9.17, 15) is 4.39 Å². The highest BCUT2D eigenvalue weighted by molar-refractivity contribution is 5.46. The third kappa shape index (κ3) is 2.93. The Morgan fingerprint density at radius 2 is 1.50 bits per heavy atom. The van der Waals surface area contributed by atoms with Gasteiger partial charge in [0, 0.05) is 6.07 Å². The second kappa shape index (κ2) is 5.69. The van der Waals surface area contributed by atoms with Crippen LogP contribution in [0.25, 0.3) is 0 Å². The van der Waals surface area contributed by atoms with E-state index in [1.165, 1.54) is 12.1 Å². The van der Waals surface area contributed by atoms with Gasteiger partial charge in [-0.2, -0.15) is 0 Å². The molecule has 20 heavy (non-hydrogen) atoms. The van der Waals surface area contributed by atoms with Gasteiger partial charge in [0.2, 0.25) is 6.79 Å². The van der Waals surface area contributed by atoms with E-state index in [4.69, 9.17) is 18.9 Å². The van der Waals surface area contributed by atoms with E-state index in [0.29, 0.717) is 30.5 Å². The van der Waals surface area contributed by atoms with Crippen LogP contribution in [0.5, 0.6) is 23.0 Å². The monoisotopic (exact) mass is 276 g/mol. The van der Waals surface area contributed by atoms with Crippen LogP contribution in [0, 0.1) is 5.82 Å². The Morgan fingerprint density at radius 1 is 0.850 bits per heavy atom. The molecule has 5 heteroatoms. The molecule has 3 rings (SSSR count). The Bertz CT molecular complexity index is 583. The van der Waals surface area contributed by atoms with E-state index in [-0.39, 0.29) is 12.6 Å². The minimum absolute atomic E-state index is 0.243. The van der Waals surface area contributed by atoms with Crippen molar-refractivity contribution in [3.8, 4) is 23.0 Å². The molecule has 104 valence electrons. The van der Waals surface area contributed by atoms with Crippen molar-refractivity contribution in [3.05, 3.63) is 48.3 Å². The zero-order valence-electron chi connectivity index (χ0n) is 10.7. The van der Waals surface area contributed by atoms with Gasteiger partial charge >= 0.3 is 0 Å². The largest absolute Gasteiger partial charge is 0.490 e. The Labute approximate surface area is 115 Å². The fourth-order valence-corrected chi connectivity index (χ4v) is 1.82. The van der Waals surface area contributed by atoms with Crippen LogP contribution in [0.3, 0.4) is 0 Å². The highest BCUT2D eigenvalue weighted by Crippen LogP contribution is 2.34. The molecule has 0 spiro atoms. The first-order valence-electron chi connectivity index (χ1n) is 6.22. The van der Waals surface area contributed by atoms with Crippen LogP contribution in [0.15, 0.2) is 42.5 Å². The minimum Gasteiger partial charge on any atom is -0.490 e. The predicted molar refractivity (Wildman–Crippen MR) is 70.0 cm³/mol. The standard InChI is InChI=1S/C15H13FO4/c16-11-1-3-12(4-2-11)17-7-8-18-13-5-6-14-15(9-13)20-10-19-14/h1-6,9H,7-8,10H2. The molecule has 0 fully saturated rings. The maximum Gasteiger partial charge on any atom is 0.231 e. The molecule has 2 aromatic carbocycles. The third-order valence-electron chi connectivity index (χ3n) is 2.78. The highest BCUT2D eigenvalue weighted by Gasteiger charge is 2.13. The maximum absolute atomic E-state index is 12.7. The lowest BCUT2D eigenvalue weighted by molar-refractivity contribution is 0.173. The number of halogens is 1. The summed E-state index contributed by atoms with van der Waals surface area (Å²) in [5, 5.41) is 0. The lowest BCUT2D eigenvalue weighted by Crippen LogP contribution is -2.08. The minimum atomic E-state index is -0.283. The van der Waals surface area contributed by atoms with Crippen molar-refractivity contribution in [2.45, 2.75) is 0 Å². The number of rotatable bonds is 5. The molecule has 0 unspecified atom stereocenters. The smallest absolute Gasteiger partial charge is 0.231 e. The Hall–Kier alpha value is -2.43. The zero-order valence-corrected chi connectivity index (χ0v) is 10.7. The number of benzene rings is 2. The first-order valence-corrected chi connectivity index (χ1v) is 6.22. The normalized spacial score (nSPS) is 12.2. The van der Waals surface area contributed by atoms with Gasteiger partial charge in [-0.05, 0) is 36.4 Å². The van der Waals surface area contributed by atoms with Crippen molar-refractivity contribution in [3.63, 3.8) is 0 Å². The van der Waals surface area contributed by atoms with Gasteiger partial charge < -0.3 is 18.9 Å². The summed E-state index contributed by atoms with van der Waals surface area (Å²) < 4.78 is 34.1. The van der Waals surface area contributed by atoms with E-state index in [0.717, 1.165) is 5.75 Å². The molecule has 0 amide bonds. The number of fused-ring (bicyclic) bond motifs is 1. The molecule has 4 nitrogen and oxygen atoms in total. The van der Waals surface area contributed by atoms with Gasteiger partial charge in [0.25, 0.3) is 0 Å². The lowest BCUT2D eigenvalue weighted by atomic mass is 10.3. The van der Waals surface area contributed by atoms with Crippen molar-refractivity contribution in [2.24, 2.45) is 0 Å². The Kier molecular flexibility index (Phi) is 3.58. The van der Waals surface area contributed by atoms with Gasteiger partial charge in [0.1, 0.15) is 30.5 Å². The number of hydrogen-bond acceptors (Lipinski definition) is 4. The first kappa shape index (κ1) is 12.6. The van der Waals surface area contributed by atoms with E-state index >= 15 is 0 Å². The molecule has 0 aliphatic carbocycles. The van der Waals surface area contributed by atoms with Gasteiger partial charge in [0.15, 0.2) is 11.5 Å². The quantitative estimate of drug-likeness (QED) is 0.787. The van der Waals surface area contributed by atoms with E-state index < -0.39 is 0 Å². The van der Waals surface area contributed by atoms with Crippen LogP contribution in [0.4, 0.5) is 4.39 Å². The molecule has 0 saturated heterocycles. The van der Waals surface area contributed by atoms with Crippen molar-refractivity contribution >= 4 is 0 Å². The molecule has 0 aromatic heterocycles. The van der Waals surface area contributed by atoms with Crippen molar-refractivity contribution < 1.29 is 23.3 Å². The fourth-order valence-electron chi connectivity index (χ4n) is 1.82. The first-order chi connectivity index (χ1) is 9.81. The van der Waals surface area contributed by atoms with Crippen LogP contribution >= 0.6 is 0 Å². The molecule has 0 atom stereocenters. The third-order valence-corrected chi connectivity index (χ3v) is 2.78. The molecular formula is C15H13FO4. The summed E-state index contributed by atoms with van der Waals surface area (Å²) in [7, 11) is 0. The van der Waals surface area contributed by atoms with E-state index in [1.807, 2.05) is 6.07 Å². The zero-order chi connectivity index (χ0) is 13.8. The van der Waals surface area contributed by atoms with Crippen LogP contribution in [0.2, 0.25) is 0 Å². The van der Waals surface area contributed by atoms with Gasteiger partial charge in [0.05, 0.1) is 0 Å². The SMILES string of the molecule is Fc1ccc(OCCOc2ccc3c(c2)OCO3)cc1. The fraction of sp³-hybridized carbons (Fsp3) is 0.200. The van der Waals surface area contributed by atoms with Gasteiger partial charge in [-0.3, -0.25) is 0 Å². The summed E-state index contributed by atoms with van der Waals surface area (Å²) in [4.78, 5) is 0. The molecule has 1 aliphatic heterocycles. The van der Waals surface area contributed by atoms with Crippen molar-refractivity contribution in [1.29, 1.82) is 0 Å². The van der Waals surface area contributed by atoms with Crippen LogP contribution < -0.4 is 18.9 Å². The summed E-state index contributed by atoms with van der Waals surface area (Å²) in [5.74, 6) is 2.42. The summed E-state index contributed by atoms with van der Waals surface area (Å²) in [6.45, 7) is 1.00. The average molecular weight is 276 g/mol. The van der Waals surface area contributed by atoms with Gasteiger partial charge in [-0.25, -0.2) is 4.39 Å². The van der Waals surface area contributed by atoms with E-state index in [1.54, 1.807) is 24.3 Å². The molecule has 0 N–H and O–H groups in total. The molecule has 0 saturated carbocycles. The molecule has 1 aliphatic rings. The van der Waals surface area contributed by atoms with Crippen LogP contribution in [-0.4, -0.2) is 20.0 Å². The summed E-state index contributed by atoms with van der Waals surface area (Å²) >= 11 is 0. The molecule has 2 aromatic rings. The van der Waals surface area contributed by atoms with Crippen LogP contribution in [-0.2, 0) is 0 Å². The van der Waals surface area contributed by atoms with Crippen LogP contribution in [0.1, 0.15) is 0 Å². The molecule has 0 radical (unpaired) electrons. The average Bonchev–Trinajstić information content (AvgIpc) is 2.93.